The summed E-state index contributed by atoms with van der Waals surface area (Å²) in [5, 5.41) is 5.47. The average molecular weight is 335 g/mol. The molecule has 0 saturated heterocycles. The number of hydrogen-bond acceptors (Lipinski definition) is 6. The fourth-order valence-electron chi connectivity index (χ4n) is 2.18. The Kier molecular flexibility index (Phi) is 4.31. The average Bonchev–Trinajstić information content (AvgIpc) is 3.00. The van der Waals surface area contributed by atoms with Crippen molar-refractivity contribution in [3.63, 3.8) is 0 Å². The summed E-state index contributed by atoms with van der Waals surface area (Å²) in [7, 11) is 0. The second-order valence-corrected chi connectivity index (χ2v) is 6.00. The zero-order valence-corrected chi connectivity index (χ0v) is 13.5. The molecule has 0 aromatic carbocycles. The summed E-state index contributed by atoms with van der Waals surface area (Å²) in [5.41, 5.74) is 7.62. The second kappa shape index (κ2) is 6.37. The van der Waals surface area contributed by atoms with Crippen molar-refractivity contribution in [2.24, 2.45) is 10.7 Å². The van der Waals surface area contributed by atoms with Crippen LogP contribution in [0.3, 0.4) is 0 Å². The van der Waals surface area contributed by atoms with E-state index in [2.05, 4.69) is 15.3 Å². The Hall–Kier alpha value is -2.05. The first-order valence-electron chi connectivity index (χ1n) is 6.82. The zero-order chi connectivity index (χ0) is 15.5. The fourth-order valence-corrected chi connectivity index (χ4v) is 3.11. The molecular formula is C15H15ClN4OS. The lowest BCUT2D eigenvalue weighted by molar-refractivity contribution is 0.327. The Morgan fingerprint density at radius 1 is 1.45 bits per heavy atom. The Morgan fingerprint density at radius 2 is 2.32 bits per heavy atom. The van der Waals surface area contributed by atoms with Crippen LogP contribution in [0, 0.1) is 0 Å². The quantitative estimate of drug-likeness (QED) is 0.842. The number of aliphatic imine (C=N–C) groups is 1. The van der Waals surface area contributed by atoms with Crippen molar-refractivity contribution in [1.82, 2.24) is 10.3 Å². The first-order valence-corrected chi connectivity index (χ1v) is 8.07. The molecule has 0 radical (unpaired) electrons. The number of nitrogens with two attached hydrogens (primary N) is 1. The number of nitrogens with one attached hydrogen (secondary N) is 1. The standard InChI is InChI=1S/C15H15ClN4OS/c1-2-21-14-7-9(6-13(16)20-14)10-8-11(19-15(17)18-10)12-4-3-5-22-12/h3-8,11H,2H2,1H3,(H3,17,18,19). The predicted molar refractivity (Wildman–Crippen MR) is 90.2 cm³/mol. The number of ether oxygens (including phenoxy) is 1. The molecule has 0 aliphatic carbocycles. The molecule has 0 amide bonds. The van der Waals surface area contributed by atoms with Crippen LogP contribution in [0.2, 0.25) is 5.15 Å². The molecule has 114 valence electrons. The van der Waals surface area contributed by atoms with Crippen molar-refractivity contribution in [2.45, 2.75) is 13.0 Å². The number of halogens is 1. The van der Waals surface area contributed by atoms with Crippen molar-refractivity contribution in [2.75, 3.05) is 6.61 Å². The van der Waals surface area contributed by atoms with Gasteiger partial charge in [-0.1, -0.05) is 17.7 Å². The summed E-state index contributed by atoms with van der Waals surface area (Å²) in [6.07, 6.45) is 2.02. The van der Waals surface area contributed by atoms with E-state index in [1.807, 2.05) is 36.6 Å². The molecule has 2 aromatic heterocycles. The van der Waals surface area contributed by atoms with Gasteiger partial charge in [0.15, 0.2) is 5.96 Å². The molecule has 0 spiro atoms. The highest BCUT2D eigenvalue weighted by Gasteiger charge is 2.18. The highest BCUT2D eigenvalue weighted by Crippen LogP contribution is 2.30. The summed E-state index contributed by atoms with van der Waals surface area (Å²) in [6.45, 7) is 2.43. The van der Waals surface area contributed by atoms with Gasteiger partial charge in [0.2, 0.25) is 5.88 Å². The lowest BCUT2D eigenvalue weighted by Crippen LogP contribution is -2.33. The largest absolute Gasteiger partial charge is 0.478 e. The van der Waals surface area contributed by atoms with Crippen LogP contribution >= 0.6 is 22.9 Å². The second-order valence-electron chi connectivity index (χ2n) is 4.63. The Bertz CT molecular complexity index is 727. The van der Waals surface area contributed by atoms with E-state index in [0.717, 1.165) is 16.1 Å². The number of aromatic nitrogens is 1. The maximum Gasteiger partial charge on any atom is 0.215 e. The molecule has 7 heteroatoms. The molecule has 5 nitrogen and oxygen atoms in total. The smallest absolute Gasteiger partial charge is 0.215 e. The van der Waals surface area contributed by atoms with E-state index in [1.165, 1.54) is 0 Å². The van der Waals surface area contributed by atoms with Crippen molar-refractivity contribution >= 4 is 34.6 Å². The van der Waals surface area contributed by atoms with Crippen LogP contribution in [-0.4, -0.2) is 17.6 Å². The first-order chi connectivity index (χ1) is 10.7. The van der Waals surface area contributed by atoms with Gasteiger partial charge < -0.3 is 15.8 Å². The van der Waals surface area contributed by atoms with Gasteiger partial charge in [0.05, 0.1) is 6.61 Å². The molecule has 1 atom stereocenters. The molecule has 1 unspecified atom stereocenters. The number of nitrogens with zero attached hydrogens (tertiary/aromatic N) is 2. The Balaban J connectivity index is 1.97. The van der Waals surface area contributed by atoms with Crippen molar-refractivity contribution < 1.29 is 4.74 Å². The molecule has 0 fully saturated rings. The monoisotopic (exact) mass is 334 g/mol. The van der Waals surface area contributed by atoms with Gasteiger partial charge in [0.25, 0.3) is 0 Å². The molecule has 3 heterocycles. The van der Waals surface area contributed by atoms with Crippen LogP contribution in [0.1, 0.15) is 23.4 Å². The number of hydrogen-bond donors (Lipinski definition) is 2. The molecule has 22 heavy (non-hydrogen) atoms. The molecule has 1 aliphatic heterocycles. The van der Waals surface area contributed by atoms with Crippen molar-refractivity contribution in [1.29, 1.82) is 0 Å². The van der Waals surface area contributed by atoms with Gasteiger partial charge in [0.1, 0.15) is 11.2 Å². The topological polar surface area (TPSA) is 72.5 Å². The lowest BCUT2D eigenvalue weighted by atomic mass is 10.1. The number of pyridine rings is 1. The third-order valence-corrected chi connectivity index (χ3v) is 4.21. The zero-order valence-electron chi connectivity index (χ0n) is 11.9. The predicted octanol–water partition coefficient (Wildman–Crippen LogP) is 3.20. The van der Waals surface area contributed by atoms with Crippen LogP contribution in [-0.2, 0) is 0 Å². The molecule has 1 aliphatic rings. The Labute approximate surface area is 137 Å². The number of thiophene rings is 1. The first kappa shape index (κ1) is 14.9. The molecular weight excluding hydrogens is 320 g/mol. The lowest BCUT2D eigenvalue weighted by Gasteiger charge is -2.20. The normalized spacial score (nSPS) is 17.5. The van der Waals surface area contributed by atoms with Crippen LogP contribution in [0.25, 0.3) is 5.70 Å². The van der Waals surface area contributed by atoms with E-state index in [4.69, 9.17) is 22.1 Å². The van der Waals surface area contributed by atoms with Crippen LogP contribution in [0.5, 0.6) is 5.88 Å². The maximum absolute atomic E-state index is 6.07. The minimum Gasteiger partial charge on any atom is -0.478 e. The number of guanidine groups is 1. The van der Waals surface area contributed by atoms with Crippen molar-refractivity contribution in [3.8, 4) is 5.88 Å². The van der Waals surface area contributed by atoms with E-state index in [1.54, 1.807) is 17.4 Å². The third kappa shape index (κ3) is 3.23. The molecule has 0 bridgehead atoms. The van der Waals surface area contributed by atoms with Crippen LogP contribution in [0.4, 0.5) is 0 Å². The number of rotatable bonds is 4. The van der Waals surface area contributed by atoms with Gasteiger partial charge in [-0.05, 0) is 30.5 Å². The maximum atomic E-state index is 6.07. The summed E-state index contributed by atoms with van der Waals surface area (Å²) in [5.74, 6) is 0.864. The van der Waals surface area contributed by atoms with Gasteiger partial charge >= 0.3 is 0 Å². The molecule has 3 rings (SSSR count). The van der Waals surface area contributed by atoms with Gasteiger partial charge in [-0.25, -0.2) is 9.98 Å². The summed E-state index contributed by atoms with van der Waals surface area (Å²) in [4.78, 5) is 9.69. The minimum absolute atomic E-state index is 0.0984. The van der Waals surface area contributed by atoms with E-state index in [0.29, 0.717) is 23.6 Å². The fraction of sp³-hybridized carbons (Fsp3) is 0.200. The van der Waals surface area contributed by atoms with Gasteiger partial charge in [-0.15, -0.1) is 11.3 Å². The van der Waals surface area contributed by atoms with E-state index in [-0.39, 0.29) is 6.04 Å². The third-order valence-electron chi connectivity index (χ3n) is 3.07. The van der Waals surface area contributed by atoms with Gasteiger partial charge in [-0.3, -0.25) is 0 Å². The highest BCUT2D eigenvalue weighted by atomic mass is 35.5. The Morgan fingerprint density at radius 3 is 3.05 bits per heavy atom. The SMILES string of the molecule is CCOc1cc(C2=CC(c3cccs3)N=C(N)N2)cc(Cl)n1. The molecule has 2 aromatic rings. The summed E-state index contributed by atoms with van der Waals surface area (Å²) >= 11 is 7.72. The van der Waals surface area contributed by atoms with E-state index < -0.39 is 0 Å². The summed E-state index contributed by atoms with van der Waals surface area (Å²) < 4.78 is 5.43. The molecule has 0 saturated carbocycles. The van der Waals surface area contributed by atoms with Crippen LogP contribution < -0.4 is 15.8 Å². The van der Waals surface area contributed by atoms with Gasteiger partial charge in [0, 0.05) is 22.2 Å². The van der Waals surface area contributed by atoms with E-state index >= 15 is 0 Å². The molecule has 3 N–H and O–H groups in total. The highest BCUT2D eigenvalue weighted by molar-refractivity contribution is 7.10. The van der Waals surface area contributed by atoms with E-state index in [9.17, 15) is 0 Å². The van der Waals surface area contributed by atoms with Crippen LogP contribution in [0.15, 0.2) is 40.7 Å². The van der Waals surface area contributed by atoms with Crippen molar-refractivity contribution in [3.05, 3.63) is 51.3 Å². The minimum atomic E-state index is -0.0984. The van der Waals surface area contributed by atoms with Gasteiger partial charge in [-0.2, -0.15) is 0 Å². The summed E-state index contributed by atoms with van der Waals surface area (Å²) in [6, 6.07) is 7.54.